The zero-order chi connectivity index (χ0) is 11.8. The second-order valence-corrected chi connectivity index (χ2v) is 5.55. The average Bonchev–Trinajstić information content (AvgIpc) is 2.27. The molecule has 0 bridgehead atoms. The first kappa shape index (κ1) is 13.5. The maximum absolute atomic E-state index is 5.24. The average molecular weight is 254 g/mol. The lowest BCUT2D eigenvalue weighted by Gasteiger charge is -2.10. The Morgan fingerprint density at radius 3 is 2.62 bits per heavy atom. The Balaban J connectivity index is 2.16. The van der Waals surface area contributed by atoms with Crippen LogP contribution in [0.2, 0.25) is 0 Å². The van der Waals surface area contributed by atoms with E-state index in [1.807, 2.05) is 18.2 Å². The zero-order valence-corrected chi connectivity index (χ0v) is 11.4. The smallest absolute Gasteiger partial charge is 0.134 e. The maximum Gasteiger partial charge on any atom is 0.134 e. The standard InChI is InChI=1S/C12H18N2S2/c1-14(2)8-9-16-12(15)13-10-11-6-4-3-5-7-11/h3-7H,8-10H2,1-2H3,(H,13,15). The Morgan fingerprint density at radius 1 is 1.31 bits per heavy atom. The minimum absolute atomic E-state index is 0.814. The fourth-order valence-electron chi connectivity index (χ4n) is 1.14. The zero-order valence-electron chi connectivity index (χ0n) is 9.77. The summed E-state index contributed by atoms with van der Waals surface area (Å²) in [5, 5.41) is 3.25. The van der Waals surface area contributed by atoms with E-state index in [1.54, 1.807) is 11.8 Å². The molecule has 1 aromatic carbocycles. The predicted octanol–water partition coefficient (Wildman–Crippen LogP) is 2.36. The second kappa shape index (κ2) is 7.65. The number of nitrogens with one attached hydrogen (secondary N) is 1. The molecule has 0 saturated carbocycles. The molecule has 0 fully saturated rings. The summed E-state index contributed by atoms with van der Waals surface area (Å²) < 4.78 is 0.880. The Hall–Kier alpha value is -0.580. The van der Waals surface area contributed by atoms with Crippen LogP contribution >= 0.6 is 24.0 Å². The highest BCUT2D eigenvalue weighted by Crippen LogP contribution is 2.04. The Bertz CT molecular complexity index is 312. The summed E-state index contributed by atoms with van der Waals surface area (Å²) in [6.07, 6.45) is 0. The first-order chi connectivity index (χ1) is 7.68. The fourth-order valence-corrected chi connectivity index (χ4v) is 2.28. The van der Waals surface area contributed by atoms with Crippen molar-refractivity contribution in [2.75, 3.05) is 26.4 Å². The number of hydrogen-bond acceptors (Lipinski definition) is 3. The van der Waals surface area contributed by atoms with Crippen molar-refractivity contribution in [3.8, 4) is 0 Å². The molecule has 2 nitrogen and oxygen atoms in total. The van der Waals surface area contributed by atoms with Crippen LogP contribution in [0.3, 0.4) is 0 Å². The predicted molar refractivity (Wildman–Crippen MR) is 76.9 cm³/mol. The highest BCUT2D eigenvalue weighted by atomic mass is 32.2. The lowest BCUT2D eigenvalue weighted by molar-refractivity contribution is 0.437. The molecule has 1 aromatic rings. The van der Waals surface area contributed by atoms with Crippen molar-refractivity contribution in [1.82, 2.24) is 10.2 Å². The van der Waals surface area contributed by atoms with Gasteiger partial charge in [0.05, 0.1) is 0 Å². The molecule has 88 valence electrons. The van der Waals surface area contributed by atoms with E-state index in [-0.39, 0.29) is 0 Å². The SMILES string of the molecule is CN(C)CCSC(=S)NCc1ccccc1. The third-order valence-electron chi connectivity index (χ3n) is 2.05. The normalized spacial score (nSPS) is 10.4. The van der Waals surface area contributed by atoms with E-state index in [1.165, 1.54) is 5.56 Å². The van der Waals surface area contributed by atoms with Crippen molar-refractivity contribution in [2.24, 2.45) is 0 Å². The molecule has 0 atom stereocenters. The van der Waals surface area contributed by atoms with Gasteiger partial charge in [0.2, 0.25) is 0 Å². The summed E-state index contributed by atoms with van der Waals surface area (Å²) in [5.41, 5.74) is 1.26. The largest absolute Gasteiger partial charge is 0.367 e. The molecule has 0 heterocycles. The summed E-state index contributed by atoms with van der Waals surface area (Å²) in [4.78, 5) is 2.16. The number of benzene rings is 1. The van der Waals surface area contributed by atoms with Crippen molar-refractivity contribution in [2.45, 2.75) is 6.54 Å². The van der Waals surface area contributed by atoms with Crippen molar-refractivity contribution in [3.05, 3.63) is 35.9 Å². The molecule has 0 amide bonds. The van der Waals surface area contributed by atoms with Crippen LogP contribution in [-0.4, -0.2) is 35.6 Å². The van der Waals surface area contributed by atoms with E-state index in [0.29, 0.717) is 0 Å². The summed E-state index contributed by atoms with van der Waals surface area (Å²) in [5.74, 6) is 1.04. The molecule has 1 rings (SSSR count). The Labute approximate surface area is 107 Å². The van der Waals surface area contributed by atoms with Gasteiger partial charge in [0.25, 0.3) is 0 Å². The van der Waals surface area contributed by atoms with Crippen LogP contribution in [-0.2, 0) is 6.54 Å². The third kappa shape index (κ3) is 6.10. The molecule has 0 unspecified atom stereocenters. The van der Waals surface area contributed by atoms with Gasteiger partial charge >= 0.3 is 0 Å². The van der Waals surface area contributed by atoms with Gasteiger partial charge in [0.15, 0.2) is 0 Å². The topological polar surface area (TPSA) is 15.3 Å². The van der Waals surface area contributed by atoms with E-state index < -0.39 is 0 Å². The van der Waals surface area contributed by atoms with Gasteiger partial charge in [0.1, 0.15) is 4.32 Å². The van der Waals surface area contributed by atoms with Crippen LogP contribution in [0.25, 0.3) is 0 Å². The monoisotopic (exact) mass is 254 g/mol. The molecule has 0 aromatic heterocycles. The lowest BCUT2D eigenvalue weighted by atomic mass is 10.2. The van der Waals surface area contributed by atoms with Gasteiger partial charge in [-0.1, -0.05) is 54.3 Å². The molecule has 0 aliphatic heterocycles. The molecule has 0 spiro atoms. The van der Waals surface area contributed by atoms with E-state index in [2.05, 4.69) is 36.4 Å². The molecule has 0 radical (unpaired) electrons. The Morgan fingerprint density at radius 2 is 2.00 bits per heavy atom. The van der Waals surface area contributed by atoms with Crippen LogP contribution in [0.4, 0.5) is 0 Å². The summed E-state index contributed by atoms with van der Waals surface area (Å²) in [6, 6.07) is 10.3. The molecule has 0 aliphatic carbocycles. The summed E-state index contributed by atoms with van der Waals surface area (Å²) >= 11 is 6.94. The van der Waals surface area contributed by atoms with Crippen LogP contribution in [0.5, 0.6) is 0 Å². The lowest BCUT2D eigenvalue weighted by Crippen LogP contribution is -2.21. The molecule has 16 heavy (non-hydrogen) atoms. The van der Waals surface area contributed by atoms with Gasteiger partial charge in [-0.15, -0.1) is 0 Å². The van der Waals surface area contributed by atoms with E-state index in [0.717, 1.165) is 23.2 Å². The number of rotatable bonds is 5. The quantitative estimate of drug-likeness (QED) is 0.811. The fraction of sp³-hybridized carbons (Fsp3) is 0.417. The summed E-state index contributed by atoms with van der Waals surface area (Å²) in [7, 11) is 4.14. The molecule has 4 heteroatoms. The molecular formula is C12H18N2S2. The number of nitrogens with zero attached hydrogens (tertiary/aromatic N) is 1. The van der Waals surface area contributed by atoms with Crippen LogP contribution in [0.15, 0.2) is 30.3 Å². The maximum atomic E-state index is 5.24. The highest BCUT2D eigenvalue weighted by molar-refractivity contribution is 8.22. The van der Waals surface area contributed by atoms with E-state index in [9.17, 15) is 0 Å². The van der Waals surface area contributed by atoms with Gasteiger partial charge in [-0.3, -0.25) is 0 Å². The second-order valence-electron chi connectivity index (χ2n) is 3.78. The molecule has 1 N–H and O–H groups in total. The van der Waals surface area contributed by atoms with E-state index in [4.69, 9.17) is 12.2 Å². The molecule has 0 aliphatic rings. The number of thioether (sulfide) groups is 1. The van der Waals surface area contributed by atoms with Crippen molar-refractivity contribution < 1.29 is 0 Å². The highest BCUT2D eigenvalue weighted by Gasteiger charge is 1.98. The minimum Gasteiger partial charge on any atom is -0.367 e. The van der Waals surface area contributed by atoms with Gasteiger partial charge in [-0.25, -0.2) is 0 Å². The van der Waals surface area contributed by atoms with Gasteiger partial charge < -0.3 is 10.2 Å². The Kier molecular flexibility index (Phi) is 6.45. The van der Waals surface area contributed by atoms with Gasteiger partial charge in [-0.05, 0) is 19.7 Å². The van der Waals surface area contributed by atoms with Crippen molar-refractivity contribution >= 4 is 28.3 Å². The summed E-state index contributed by atoms with van der Waals surface area (Å²) in [6.45, 7) is 1.87. The van der Waals surface area contributed by atoms with Crippen molar-refractivity contribution in [3.63, 3.8) is 0 Å². The van der Waals surface area contributed by atoms with Crippen LogP contribution < -0.4 is 5.32 Å². The minimum atomic E-state index is 0.814. The first-order valence-corrected chi connectivity index (χ1v) is 6.67. The molecule has 0 saturated heterocycles. The van der Waals surface area contributed by atoms with Gasteiger partial charge in [0, 0.05) is 18.8 Å². The van der Waals surface area contributed by atoms with Crippen molar-refractivity contribution in [1.29, 1.82) is 0 Å². The van der Waals surface area contributed by atoms with Gasteiger partial charge in [-0.2, -0.15) is 0 Å². The molecular weight excluding hydrogens is 236 g/mol. The third-order valence-corrected chi connectivity index (χ3v) is 3.34. The van der Waals surface area contributed by atoms with Crippen LogP contribution in [0, 0.1) is 0 Å². The van der Waals surface area contributed by atoms with E-state index >= 15 is 0 Å². The number of thiocarbonyl (C=S) groups is 1. The first-order valence-electron chi connectivity index (χ1n) is 5.28. The van der Waals surface area contributed by atoms with Crippen LogP contribution in [0.1, 0.15) is 5.56 Å². The number of hydrogen-bond donors (Lipinski definition) is 1.